The smallest absolute Gasteiger partial charge is 0.320 e. The Morgan fingerprint density at radius 2 is 1.68 bits per heavy atom. The van der Waals surface area contributed by atoms with Crippen molar-refractivity contribution >= 4 is 52.7 Å². The normalized spacial score (nSPS) is 24.2. The lowest BCUT2D eigenvalue weighted by Gasteiger charge is -2.37. The van der Waals surface area contributed by atoms with Crippen molar-refractivity contribution in [1.29, 1.82) is 0 Å². The van der Waals surface area contributed by atoms with E-state index >= 15 is 0 Å². The molecule has 7 heterocycles. The van der Waals surface area contributed by atoms with Crippen molar-refractivity contribution in [3.8, 4) is 0 Å². The molecule has 5 saturated heterocycles. The molecule has 6 aliphatic rings. The number of likely N-dealkylation sites (tertiary alicyclic amines) is 1. The molecule has 6 aliphatic heterocycles. The number of nitrogens with zero attached hydrogens (tertiary/aromatic N) is 8. The Morgan fingerprint density at radius 1 is 0.903 bits per heavy atom. The van der Waals surface area contributed by atoms with Gasteiger partial charge in [-0.15, -0.1) is 0 Å². The SMILES string of the molecule is CN1CCN([C@@H]2CCCN(c3cnc(C(N)=O)c(Nc4ccc(C5CCN(CCC6CCN(c7ccc8c(c7)C(O)N(C7CCC(=O)NC7=O)C8=O)CC6)CC5)cc4)n3)C2)C1=O. The fourth-order valence-corrected chi connectivity index (χ4v) is 10.3. The van der Waals surface area contributed by atoms with Crippen LogP contribution >= 0.6 is 0 Å². The second kappa shape index (κ2) is 17.5. The van der Waals surface area contributed by atoms with Crippen molar-refractivity contribution in [2.75, 3.05) is 81.1 Å². The lowest BCUT2D eigenvalue weighted by atomic mass is 9.88. The molecule has 2 unspecified atom stereocenters. The van der Waals surface area contributed by atoms with Crippen LogP contribution in [0.15, 0.2) is 48.7 Å². The zero-order valence-corrected chi connectivity index (χ0v) is 35.4. The number of imide groups is 1. The number of likely N-dealkylation sites (N-methyl/N-ethyl adjacent to an activating group) is 1. The number of carbonyl (C=O) groups is 5. The molecule has 1 aromatic heterocycles. The Hall–Kier alpha value is -5.81. The minimum Gasteiger partial charge on any atom is -0.372 e. The molecule has 6 amide bonds. The number of fused-ring (bicyclic) bond motifs is 1. The Balaban J connectivity index is 0.733. The quantitative estimate of drug-likeness (QED) is 0.206. The van der Waals surface area contributed by atoms with Gasteiger partial charge in [0.15, 0.2) is 17.7 Å². The van der Waals surface area contributed by atoms with E-state index in [-0.39, 0.29) is 42.4 Å². The lowest BCUT2D eigenvalue weighted by molar-refractivity contribution is -0.139. The predicted molar refractivity (Wildman–Crippen MR) is 232 cm³/mol. The van der Waals surface area contributed by atoms with E-state index in [0.717, 1.165) is 109 Å². The fraction of sp³-hybridized carbons (Fsp3) is 0.533. The van der Waals surface area contributed by atoms with Crippen molar-refractivity contribution in [3.63, 3.8) is 0 Å². The van der Waals surface area contributed by atoms with E-state index in [1.165, 1.54) is 10.5 Å². The molecule has 62 heavy (non-hydrogen) atoms. The summed E-state index contributed by atoms with van der Waals surface area (Å²) in [6.07, 6.45) is 8.07. The summed E-state index contributed by atoms with van der Waals surface area (Å²) in [6.45, 7) is 7.90. The van der Waals surface area contributed by atoms with Crippen LogP contribution in [0.2, 0.25) is 0 Å². The van der Waals surface area contributed by atoms with Crippen LogP contribution in [0.5, 0.6) is 0 Å². The van der Waals surface area contributed by atoms with Crippen LogP contribution in [-0.2, 0) is 9.59 Å². The van der Waals surface area contributed by atoms with E-state index in [0.29, 0.717) is 41.1 Å². The maximum atomic E-state index is 13.2. The number of primary amides is 1. The van der Waals surface area contributed by atoms with Crippen LogP contribution in [0.3, 0.4) is 0 Å². The molecule has 328 valence electrons. The van der Waals surface area contributed by atoms with E-state index in [9.17, 15) is 29.1 Å². The molecule has 0 saturated carbocycles. The minimum atomic E-state index is -1.22. The molecule has 17 nitrogen and oxygen atoms in total. The maximum absolute atomic E-state index is 13.2. The summed E-state index contributed by atoms with van der Waals surface area (Å²) in [6, 6.07) is 13.2. The van der Waals surface area contributed by atoms with E-state index in [4.69, 9.17) is 10.7 Å². The molecule has 17 heteroatoms. The molecule has 9 rings (SSSR count). The monoisotopic (exact) mass is 847 g/mol. The molecule has 0 radical (unpaired) electrons. The molecule has 2 aromatic carbocycles. The number of hydrogen-bond acceptors (Lipinski definition) is 12. The summed E-state index contributed by atoms with van der Waals surface area (Å²) < 4.78 is 0. The number of urea groups is 1. The average molecular weight is 848 g/mol. The Labute approximate surface area is 361 Å². The van der Waals surface area contributed by atoms with Crippen LogP contribution in [0.25, 0.3) is 0 Å². The van der Waals surface area contributed by atoms with Crippen LogP contribution in [0.4, 0.5) is 27.8 Å². The molecule has 0 bridgehead atoms. The third-order valence-electron chi connectivity index (χ3n) is 14.1. The predicted octanol–water partition coefficient (Wildman–Crippen LogP) is 3.39. The molecular weight excluding hydrogens is 791 g/mol. The number of nitrogens with two attached hydrogens (primary N) is 1. The van der Waals surface area contributed by atoms with Crippen molar-refractivity contribution in [1.82, 2.24) is 34.9 Å². The highest BCUT2D eigenvalue weighted by Crippen LogP contribution is 2.38. The van der Waals surface area contributed by atoms with Crippen LogP contribution in [-0.4, -0.2) is 142 Å². The first-order valence-corrected chi connectivity index (χ1v) is 22.3. The van der Waals surface area contributed by atoms with Crippen molar-refractivity contribution < 1.29 is 29.1 Å². The lowest BCUT2D eigenvalue weighted by Crippen LogP contribution is -2.53. The van der Waals surface area contributed by atoms with Gasteiger partial charge in [-0.25, -0.2) is 14.8 Å². The van der Waals surface area contributed by atoms with Gasteiger partial charge in [0.25, 0.3) is 11.8 Å². The average Bonchev–Trinajstić information content (AvgIpc) is 3.75. The van der Waals surface area contributed by atoms with Gasteiger partial charge in [-0.2, -0.15) is 0 Å². The first-order valence-electron chi connectivity index (χ1n) is 22.3. The van der Waals surface area contributed by atoms with Gasteiger partial charge in [0.2, 0.25) is 11.8 Å². The molecule has 0 aliphatic carbocycles. The zero-order valence-electron chi connectivity index (χ0n) is 35.4. The summed E-state index contributed by atoms with van der Waals surface area (Å²) in [4.78, 5) is 83.6. The van der Waals surface area contributed by atoms with Gasteiger partial charge in [-0.05, 0) is 119 Å². The third-order valence-corrected chi connectivity index (χ3v) is 14.1. The van der Waals surface area contributed by atoms with Gasteiger partial charge in [0.1, 0.15) is 11.9 Å². The molecular formula is C45H57N11O6. The number of piperidine rings is 4. The molecule has 5 fully saturated rings. The number of anilines is 4. The Morgan fingerprint density at radius 3 is 2.39 bits per heavy atom. The van der Waals surface area contributed by atoms with E-state index in [1.54, 1.807) is 17.2 Å². The maximum Gasteiger partial charge on any atom is 0.320 e. The highest BCUT2D eigenvalue weighted by Gasteiger charge is 2.45. The highest BCUT2D eigenvalue weighted by atomic mass is 16.3. The van der Waals surface area contributed by atoms with Gasteiger partial charge < -0.3 is 40.7 Å². The van der Waals surface area contributed by atoms with Crippen LogP contribution in [0.1, 0.15) is 102 Å². The van der Waals surface area contributed by atoms with Crippen molar-refractivity contribution in [3.05, 3.63) is 71.0 Å². The second-order valence-electron chi connectivity index (χ2n) is 17.8. The number of aliphatic hydroxyl groups is 1. The summed E-state index contributed by atoms with van der Waals surface area (Å²) >= 11 is 0. The highest BCUT2D eigenvalue weighted by molar-refractivity contribution is 6.06. The topological polar surface area (TPSA) is 201 Å². The molecule has 5 N–H and O–H groups in total. The number of benzene rings is 2. The van der Waals surface area contributed by atoms with Crippen LogP contribution < -0.4 is 26.2 Å². The molecule has 0 spiro atoms. The van der Waals surface area contributed by atoms with Crippen LogP contribution in [0, 0.1) is 5.92 Å². The van der Waals surface area contributed by atoms with Crippen molar-refractivity contribution in [2.45, 2.75) is 82.0 Å². The number of hydrogen-bond donors (Lipinski definition) is 4. The number of amides is 6. The summed E-state index contributed by atoms with van der Waals surface area (Å²) in [5.74, 6) is 0.138. The van der Waals surface area contributed by atoms with Crippen molar-refractivity contribution in [2.24, 2.45) is 11.7 Å². The molecule has 3 atom stereocenters. The van der Waals surface area contributed by atoms with E-state index in [1.807, 2.05) is 36.2 Å². The van der Waals surface area contributed by atoms with Gasteiger partial charge in [-0.1, -0.05) is 12.1 Å². The molecule has 3 aromatic rings. The first-order chi connectivity index (χ1) is 30.0. The van der Waals surface area contributed by atoms with Gasteiger partial charge in [0.05, 0.1) is 12.2 Å². The largest absolute Gasteiger partial charge is 0.372 e. The summed E-state index contributed by atoms with van der Waals surface area (Å²) in [5.41, 5.74) is 9.79. The van der Waals surface area contributed by atoms with E-state index in [2.05, 4.69) is 42.5 Å². The number of aliphatic hydroxyl groups excluding tert-OH is 1. The zero-order chi connectivity index (χ0) is 43.1. The third kappa shape index (κ3) is 8.39. The van der Waals surface area contributed by atoms with Gasteiger partial charge in [0, 0.05) is 75.2 Å². The standard InChI is InChI=1S/C45H57N11O6/c1-51-23-24-55(45(51)62)33-3-2-17-54(27-33)37-26-47-39(40(46)58)41(49-37)48-31-6-4-29(5-7-31)30-15-19-52(20-16-30)18-12-28-13-21-53(22-14-28)32-8-9-34-35(25-32)44(61)56(43(34)60)36-10-11-38(57)50-42(36)59/h4-9,25-26,28,30,33,36,44,61H,2-3,10-24,27H2,1H3,(H2,46,58)(H,48,49)(H,50,57,59)/t33-,36?,44?/m1/s1. The Kier molecular flexibility index (Phi) is 11.7. The number of aromatic nitrogens is 2. The summed E-state index contributed by atoms with van der Waals surface area (Å²) in [5, 5.41) is 16.7. The number of rotatable bonds is 11. The van der Waals surface area contributed by atoms with Gasteiger partial charge >= 0.3 is 6.03 Å². The fourth-order valence-electron chi connectivity index (χ4n) is 10.3. The van der Waals surface area contributed by atoms with E-state index < -0.39 is 24.1 Å². The second-order valence-corrected chi connectivity index (χ2v) is 17.8. The first kappa shape index (κ1) is 41.5. The summed E-state index contributed by atoms with van der Waals surface area (Å²) in [7, 11) is 1.84. The number of carbonyl (C=O) groups excluding carboxylic acids is 5. The van der Waals surface area contributed by atoms with Gasteiger partial charge in [-0.3, -0.25) is 29.4 Å². The number of nitrogens with one attached hydrogen (secondary N) is 2. The minimum absolute atomic E-state index is 0.0659. The Bertz CT molecular complexity index is 2210.